The Morgan fingerprint density at radius 3 is 0.875 bits per heavy atom. The van der Waals surface area contributed by atoms with Crippen molar-refractivity contribution in [3.8, 4) is 0 Å². The number of imide groups is 2. The normalized spacial score (nSPS) is 18.8. The zero-order valence-corrected chi connectivity index (χ0v) is 44.6. The highest BCUT2D eigenvalue weighted by atomic mass is 16.2. The van der Waals surface area contributed by atoms with Crippen LogP contribution in [0.1, 0.15) is 92.3 Å². The van der Waals surface area contributed by atoms with E-state index in [4.69, 9.17) is 0 Å². The van der Waals surface area contributed by atoms with Crippen LogP contribution >= 0.6 is 0 Å². The third-order valence-corrected chi connectivity index (χ3v) is 17.4. The van der Waals surface area contributed by atoms with Gasteiger partial charge in [0.15, 0.2) is 0 Å². The molecule has 0 aliphatic carbocycles. The predicted molar refractivity (Wildman–Crippen MR) is 316 cm³/mol. The van der Waals surface area contributed by atoms with Crippen molar-refractivity contribution in [1.82, 2.24) is 9.80 Å². The van der Waals surface area contributed by atoms with E-state index in [-0.39, 0.29) is 33.0 Å². The van der Waals surface area contributed by atoms with Gasteiger partial charge in [-0.3, -0.25) is 38.6 Å². The van der Waals surface area contributed by atoms with Crippen molar-refractivity contribution in [1.29, 1.82) is 0 Å². The van der Waals surface area contributed by atoms with Crippen molar-refractivity contribution in [2.45, 2.75) is 51.9 Å². The van der Waals surface area contributed by atoms with E-state index in [2.05, 4.69) is 49.6 Å². The van der Waals surface area contributed by atoms with Gasteiger partial charge in [0.25, 0.3) is 35.4 Å². The van der Waals surface area contributed by atoms with Crippen molar-refractivity contribution in [3.05, 3.63) is 215 Å². The minimum absolute atomic E-state index is 0.0877. The molecule has 0 aromatic heterocycles. The Hall–Kier alpha value is -9.68. The number of rotatable bonds is 12. The lowest BCUT2D eigenvalue weighted by atomic mass is 9.78. The van der Waals surface area contributed by atoms with Gasteiger partial charge in [-0.1, -0.05) is 97.1 Å². The molecule has 12 heteroatoms. The van der Waals surface area contributed by atoms with E-state index in [1.54, 1.807) is 9.80 Å². The minimum atomic E-state index is -1.26. The number of β-lactam (4-membered cyclic amide) rings is 2. The topological polar surface area (TPSA) is 122 Å². The molecule has 2 fully saturated rings. The maximum Gasteiger partial charge on any atom is 0.262 e. The molecule has 2 saturated heterocycles. The lowest BCUT2D eigenvalue weighted by Gasteiger charge is -2.52. The zero-order valence-electron chi connectivity index (χ0n) is 44.6. The summed E-state index contributed by atoms with van der Waals surface area (Å²) in [7, 11) is 0. The number of anilines is 4. The highest BCUT2D eigenvalue weighted by Gasteiger charge is 2.60. The average Bonchev–Trinajstić information content (AvgIpc) is 3.46. The van der Waals surface area contributed by atoms with Crippen LogP contribution in [0, 0.1) is 0 Å². The molecule has 80 heavy (non-hydrogen) atoms. The van der Waals surface area contributed by atoms with Gasteiger partial charge in [0.05, 0.1) is 12.1 Å². The van der Waals surface area contributed by atoms with Crippen molar-refractivity contribution in [2.24, 2.45) is 0 Å². The van der Waals surface area contributed by atoms with Gasteiger partial charge in [0.1, 0.15) is 12.1 Å². The molecule has 0 radical (unpaired) electrons. The zero-order chi connectivity index (χ0) is 54.8. The Balaban J connectivity index is 0.877. The molecule has 4 aliphatic heterocycles. The van der Waals surface area contributed by atoms with Crippen LogP contribution in [0.15, 0.2) is 182 Å². The number of amides is 6. The average molecular weight is 1050 g/mol. The molecule has 10 aromatic rings. The van der Waals surface area contributed by atoms with E-state index in [9.17, 15) is 0 Å². The molecule has 12 nitrogen and oxygen atoms in total. The number of benzene rings is 10. The summed E-state index contributed by atoms with van der Waals surface area (Å²) in [5.74, 6) is -3.69. The maximum absolute atomic E-state index is 15.5. The number of nitrogens with zero attached hydrogens (tertiary/aromatic N) is 6. The van der Waals surface area contributed by atoms with E-state index in [0.717, 1.165) is 102 Å². The Morgan fingerprint density at radius 2 is 0.600 bits per heavy atom. The number of carbonyl (C=O) groups excluding carboxylic acids is 6. The summed E-state index contributed by atoms with van der Waals surface area (Å²) in [4.78, 5) is 102. The smallest absolute Gasteiger partial charge is 0.262 e. The third-order valence-electron chi connectivity index (χ3n) is 17.4. The number of hydrogen-bond donors (Lipinski definition) is 0. The standard InChI is InChI=1S/C68H54N6O6/c1-5-69(6-2)43-25-29-45(30-26-43)71-59(57-47-21-13-9-17-39(47)37-40-18-10-14-22-48(40)57)61(67(71)79)73-63(75)51-33-35-53-56-54(36-34-52(55(51)56)64(73)76)66(78)74(65(53)77)62-60(72(68(62)80)46-31-27-44(28-32-46)70(7-3)8-4)58-49-23-15-11-19-41(49)38-42-20-12-16-24-50(42)58/h9-38,59-62H,5-8H2,1-4H3. The molecule has 4 aliphatic rings. The number of hydrogen-bond acceptors (Lipinski definition) is 8. The molecule has 0 spiro atoms. The van der Waals surface area contributed by atoms with E-state index in [1.807, 2.05) is 146 Å². The Kier molecular flexibility index (Phi) is 11.2. The second-order valence-electron chi connectivity index (χ2n) is 21.1. The molecule has 4 heterocycles. The van der Waals surface area contributed by atoms with Gasteiger partial charge in [-0.2, -0.15) is 0 Å². The van der Waals surface area contributed by atoms with Gasteiger partial charge in [0, 0.05) is 82.0 Å². The SMILES string of the molecule is CCN(CC)c1ccc(N2C(=O)C(N3C(=O)c4ccc5c6c(ccc(c46)C3=O)C(=O)N(C3C(=O)N(c4ccc(N(CC)CC)cc4)C3c3c4ccccc4cc4ccccc34)C5=O)C2c2c3ccccc3cc3ccccc23)cc1. The Labute approximate surface area is 461 Å². The first kappa shape index (κ1) is 48.7. The second-order valence-corrected chi connectivity index (χ2v) is 21.1. The van der Waals surface area contributed by atoms with Crippen molar-refractivity contribution in [2.75, 3.05) is 45.8 Å². The van der Waals surface area contributed by atoms with E-state index >= 15 is 28.8 Å². The predicted octanol–water partition coefficient (Wildman–Crippen LogP) is 12.7. The van der Waals surface area contributed by atoms with Crippen LogP contribution in [0.5, 0.6) is 0 Å². The number of fused-ring (bicyclic) bond motifs is 4. The lowest BCUT2D eigenvalue weighted by Crippen LogP contribution is -2.69. The van der Waals surface area contributed by atoms with Crippen molar-refractivity contribution >= 4 is 112 Å². The summed E-state index contributed by atoms with van der Waals surface area (Å²) in [5.41, 5.74) is 5.22. The van der Waals surface area contributed by atoms with Crippen molar-refractivity contribution < 1.29 is 28.8 Å². The highest BCUT2D eigenvalue weighted by Crippen LogP contribution is 2.52. The van der Waals surface area contributed by atoms with Crippen LogP contribution in [-0.2, 0) is 9.59 Å². The number of carbonyl (C=O) groups is 6. The highest BCUT2D eigenvalue weighted by molar-refractivity contribution is 6.35. The monoisotopic (exact) mass is 1050 g/mol. The van der Waals surface area contributed by atoms with Crippen LogP contribution in [0.25, 0.3) is 53.9 Å². The van der Waals surface area contributed by atoms with Gasteiger partial charge >= 0.3 is 0 Å². The molecular formula is C68H54N6O6. The molecule has 4 unspecified atom stereocenters. The molecule has 0 N–H and O–H groups in total. The van der Waals surface area contributed by atoms with Gasteiger partial charge < -0.3 is 19.6 Å². The summed E-state index contributed by atoms with van der Waals surface area (Å²) in [5, 5.41) is 7.64. The van der Waals surface area contributed by atoms with Crippen LogP contribution < -0.4 is 19.6 Å². The van der Waals surface area contributed by atoms with E-state index in [0.29, 0.717) is 11.4 Å². The molecule has 4 atom stereocenters. The molecule has 0 saturated carbocycles. The van der Waals surface area contributed by atoms with Crippen LogP contribution in [0.4, 0.5) is 22.7 Å². The molecule has 392 valence electrons. The fourth-order valence-electron chi connectivity index (χ4n) is 13.6. The summed E-state index contributed by atoms with van der Waals surface area (Å²) in [6.07, 6.45) is 0. The van der Waals surface area contributed by atoms with Crippen LogP contribution in [0.3, 0.4) is 0 Å². The Bertz CT molecular complexity index is 3880. The molecule has 0 bridgehead atoms. The molecule has 10 aromatic carbocycles. The summed E-state index contributed by atoms with van der Waals surface area (Å²) >= 11 is 0. The summed E-state index contributed by atoms with van der Waals surface area (Å²) < 4.78 is 0. The van der Waals surface area contributed by atoms with Gasteiger partial charge in [-0.15, -0.1) is 0 Å². The third kappa shape index (κ3) is 6.87. The molecular weight excluding hydrogens is 997 g/mol. The van der Waals surface area contributed by atoms with E-state index in [1.165, 1.54) is 24.3 Å². The van der Waals surface area contributed by atoms with Gasteiger partial charge in [-0.25, -0.2) is 0 Å². The van der Waals surface area contributed by atoms with Crippen molar-refractivity contribution in [3.63, 3.8) is 0 Å². The Morgan fingerprint density at radius 1 is 0.325 bits per heavy atom. The second kappa shape index (κ2) is 18.5. The maximum atomic E-state index is 15.5. The van der Waals surface area contributed by atoms with E-state index < -0.39 is 59.6 Å². The largest absolute Gasteiger partial charge is 0.372 e. The molecule has 14 rings (SSSR count). The van der Waals surface area contributed by atoms with Crippen LogP contribution in [-0.4, -0.2) is 83.5 Å². The van der Waals surface area contributed by atoms with Gasteiger partial charge in [-0.05, 0) is 167 Å². The van der Waals surface area contributed by atoms with Gasteiger partial charge in [0.2, 0.25) is 0 Å². The fourth-order valence-corrected chi connectivity index (χ4v) is 13.6. The molecule has 6 amide bonds. The van der Waals surface area contributed by atoms with Crippen LogP contribution in [0.2, 0.25) is 0 Å². The lowest BCUT2D eigenvalue weighted by molar-refractivity contribution is -0.130. The first-order valence-corrected chi connectivity index (χ1v) is 27.6. The minimum Gasteiger partial charge on any atom is -0.372 e. The summed E-state index contributed by atoms with van der Waals surface area (Å²) in [6.45, 7) is 11.6. The first-order valence-electron chi connectivity index (χ1n) is 27.6. The first-order chi connectivity index (χ1) is 39.1. The quantitative estimate of drug-likeness (QED) is 0.0674. The fraction of sp³-hybridized carbons (Fsp3) is 0.176. The summed E-state index contributed by atoms with van der Waals surface area (Å²) in [6, 6.07) is 53.6.